The van der Waals surface area contributed by atoms with Gasteiger partial charge in [-0.25, -0.2) is 9.48 Å². The number of carbonyl (C=O) groups excluding carboxylic acids is 1. The second kappa shape index (κ2) is 6.74. The maximum absolute atomic E-state index is 13.4. The molecule has 0 spiro atoms. The molecule has 0 amide bonds. The van der Waals surface area contributed by atoms with E-state index >= 15 is 0 Å². The molecule has 0 N–H and O–H groups in total. The first-order valence-corrected chi connectivity index (χ1v) is 8.05. The fourth-order valence-electron chi connectivity index (χ4n) is 2.90. The maximum Gasteiger partial charge on any atom is 0.418 e. The zero-order valence-corrected chi connectivity index (χ0v) is 13.6. The zero-order chi connectivity index (χ0) is 18.0. The van der Waals surface area contributed by atoms with Crippen molar-refractivity contribution in [3.8, 4) is 5.69 Å². The number of hydrogen-bond acceptors (Lipinski definition) is 3. The summed E-state index contributed by atoms with van der Waals surface area (Å²) in [7, 11) is 0. The molecule has 1 aliphatic rings. The van der Waals surface area contributed by atoms with Crippen LogP contribution in [0.1, 0.15) is 47.9 Å². The molecular formula is C18H17F3N2O2. The van der Waals surface area contributed by atoms with Gasteiger partial charge in [0.15, 0.2) is 5.69 Å². The molecule has 0 unspecified atom stereocenters. The molecular weight excluding hydrogens is 333 g/mol. The molecule has 1 heterocycles. The van der Waals surface area contributed by atoms with Crippen LogP contribution in [-0.4, -0.2) is 22.4 Å². The molecule has 0 atom stereocenters. The van der Waals surface area contributed by atoms with Crippen molar-refractivity contribution >= 4 is 11.5 Å². The lowest BCUT2D eigenvalue weighted by atomic mass is 10.1. The molecule has 0 fully saturated rings. The summed E-state index contributed by atoms with van der Waals surface area (Å²) in [6.07, 6.45) is -0.0267. The summed E-state index contributed by atoms with van der Waals surface area (Å²) in [4.78, 5) is 12.0. The summed E-state index contributed by atoms with van der Waals surface area (Å²) < 4.78 is 46.3. The van der Waals surface area contributed by atoms with Crippen LogP contribution in [0.5, 0.6) is 0 Å². The third kappa shape index (κ3) is 3.45. The molecule has 0 bridgehead atoms. The molecule has 4 nitrogen and oxygen atoms in total. The van der Waals surface area contributed by atoms with Crippen molar-refractivity contribution in [3.63, 3.8) is 0 Å². The van der Waals surface area contributed by atoms with E-state index in [2.05, 4.69) is 5.10 Å². The summed E-state index contributed by atoms with van der Waals surface area (Å²) in [5.74, 6) is -0.648. The highest BCUT2D eigenvalue weighted by atomic mass is 19.4. The molecule has 132 valence electrons. The average Bonchev–Trinajstić information content (AvgIpc) is 3.23. The SMILES string of the molecule is CCOC(=O)c1cc(C2=CCCC2)n(-c2ccccc2C(F)(F)F)n1. The molecule has 1 aliphatic carbocycles. The Hall–Kier alpha value is -2.57. The number of hydrogen-bond donors (Lipinski definition) is 0. The molecule has 1 aromatic carbocycles. The standard InChI is InChI=1S/C18H17F3N2O2/c1-2-25-17(24)14-11-16(12-7-3-4-8-12)23(22-14)15-10-6-5-9-13(15)18(19,20)21/h5-7,9-11H,2-4,8H2,1H3. The van der Waals surface area contributed by atoms with E-state index in [-0.39, 0.29) is 18.0 Å². The first-order valence-electron chi connectivity index (χ1n) is 8.05. The quantitative estimate of drug-likeness (QED) is 0.755. The second-order valence-electron chi connectivity index (χ2n) is 5.68. The van der Waals surface area contributed by atoms with Gasteiger partial charge in [0.25, 0.3) is 0 Å². The monoisotopic (exact) mass is 350 g/mol. The van der Waals surface area contributed by atoms with Crippen LogP contribution in [0.4, 0.5) is 13.2 Å². The smallest absolute Gasteiger partial charge is 0.418 e. The highest BCUT2D eigenvalue weighted by Gasteiger charge is 2.35. The number of aromatic nitrogens is 2. The Morgan fingerprint density at radius 2 is 2.08 bits per heavy atom. The van der Waals surface area contributed by atoms with Crippen molar-refractivity contribution < 1.29 is 22.7 Å². The van der Waals surface area contributed by atoms with E-state index in [0.29, 0.717) is 5.69 Å². The van der Waals surface area contributed by atoms with Crippen LogP contribution in [0, 0.1) is 0 Å². The topological polar surface area (TPSA) is 44.1 Å². The van der Waals surface area contributed by atoms with Crippen LogP contribution < -0.4 is 0 Å². The van der Waals surface area contributed by atoms with Crippen molar-refractivity contribution in [1.82, 2.24) is 9.78 Å². The van der Waals surface area contributed by atoms with E-state index in [4.69, 9.17) is 4.74 Å². The van der Waals surface area contributed by atoms with E-state index in [9.17, 15) is 18.0 Å². The number of rotatable bonds is 4. The summed E-state index contributed by atoms with van der Waals surface area (Å²) in [5.41, 5.74) is 0.487. The Balaban J connectivity index is 2.17. The number of benzene rings is 1. The van der Waals surface area contributed by atoms with E-state index in [1.807, 2.05) is 6.08 Å². The summed E-state index contributed by atoms with van der Waals surface area (Å²) >= 11 is 0. The van der Waals surface area contributed by atoms with Crippen molar-refractivity contribution in [2.24, 2.45) is 0 Å². The second-order valence-corrected chi connectivity index (χ2v) is 5.68. The van der Waals surface area contributed by atoms with Crippen LogP contribution in [0.15, 0.2) is 36.4 Å². The lowest BCUT2D eigenvalue weighted by Crippen LogP contribution is -2.13. The van der Waals surface area contributed by atoms with Gasteiger partial charge in [0.1, 0.15) is 0 Å². The Morgan fingerprint density at radius 1 is 1.32 bits per heavy atom. The van der Waals surface area contributed by atoms with Crippen molar-refractivity contribution in [2.45, 2.75) is 32.4 Å². The number of esters is 1. The first kappa shape index (κ1) is 17.3. The minimum absolute atomic E-state index is 0.00151. The number of para-hydroxylation sites is 1. The van der Waals surface area contributed by atoms with Gasteiger partial charge in [-0.3, -0.25) is 0 Å². The van der Waals surface area contributed by atoms with Gasteiger partial charge >= 0.3 is 12.1 Å². The van der Waals surface area contributed by atoms with Gasteiger partial charge in [-0.15, -0.1) is 0 Å². The summed E-state index contributed by atoms with van der Waals surface area (Å²) in [6, 6.07) is 6.71. The van der Waals surface area contributed by atoms with Crippen LogP contribution in [0.3, 0.4) is 0 Å². The summed E-state index contributed by atoms with van der Waals surface area (Å²) in [5, 5.41) is 4.12. The molecule has 0 saturated carbocycles. The Bertz CT molecular complexity index is 822. The molecule has 0 radical (unpaired) electrons. The van der Waals surface area contributed by atoms with Crippen molar-refractivity contribution in [1.29, 1.82) is 0 Å². The van der Waals surface area contributed by atoms with Crippen LogP contribution in [0.2, 0.25) is 0 Å². The van der Waals surface area contributed by atoms with Crippen LogP contribution in [0.25, 0.3) is 11.3 Å². The number of allylic oxidation sites excluding steroid dienone is 2. The molecule has 0 saturated heterocycles. The summed E-state index contributed by atoms with van der Waals surface area (Å²) in [6.45, 7) is 1.83. The molecule has 3 rings (SSSR count). The van der Waals surface area contributed by atoms with Gasteiger partial charge in [0.05, 0.1) is 23.6 Å². The number of nitrogens with zero attached hydrogens (tertiary/aromatic N) is 2. The molecule has 2 aromatic rings. The fourth-order valence-corrected chi connectivity index (χ4v) is 2.90. The fraction of sp³-hybridized carbons (Fsp3) is 0.333. The van der Waals surface area contributed by atoms with E-state index in [0.717, 1.165) is 30.9 Å². The van der Waals surface area contributed by atoms with E-state index in [1.165, 1.54) is 28.9 Å². The minimum Gasteiger partial charge on any atom is -0.461 e. The normalized spacial score (nSPS) is 14.5. The Morgan fingerprint density at radius 3 is 2.72 bits per heavy atom. The van der Waals surface area contributed by atoms with E-state index < -0.39 is 17.7 Å². The van der Waals surface area contributed by atoms with Gasteiger partial charge < -0.3 is 4.74 Å². The zero-order valence-electron chi connectivity index (χ0n) is 13.6. The third-order valence-corrected chi connectivity index (χ3v) is 4.00. The van der Waals surface area contributed by atoms with Crippen molar-refractivity contribution in [2.75, 3.05) is 6.61 Å². The van der Waals surface area contributed by atoms with Gasteiger partial charge in [0, 0.05) is 0 Å². The maximum atomic E-state index is 13.4. The van der Waals surface area contributed by atoms with Crippen LogP contribution in [-0.2, 0) is 10.9 Å². The molecule has 7 heteroatoms. The lowest BCUT2D eigenvalue weighted by molar-refractivity contribution is -0.137. The minimum atomic E-state index is -4.52. The number of alkyl halides is 3. The highest BCUT2D eigenvalue weighted by Crippen LogP contribution is 2.36. The lowest BCUT2D eigenvalue weighted by Gasteiger charge is -2.15. The highest BCUT2D eigenvalue weighted by molar-refractivity contribution is 5.88. The number of carbonyl (C=O) groups is 1. The van der Waals surface area contributed by atoms with Gasteiger partial charge in [0.2, 0.25) is 0 Å². The first-order chi connectivity index (χ1) is 11.9. The van der Waals surface area contributed by atoms with Gasteiger partial charge in [-0.05, 0) is 50.0 Å². The largest absolute Gasteiger partial charge is 0.461 e. The van der Waals surface area contributed by atoms with Gasteiger partial charge in [-0.1, -0.05) is 18.2 Å². The number of halogens is 3. The van der Waals surface area contributed by atoms with Crippen molar-refractivity contribution in [3.05, 3.63) is 53.4 Å². The van der Waals surface area contributed by atoms with E-state index in [1.54, 1.807) is 6.92 Å². The average molecular weight is 350 g/mol. The predicted molar refractivity (Wildman–Crippen MR) is 86.4 cm³/mol. The predicted octanol–water partition coefficient (Wildman–Crippen LogP) is 4.64. The molecule has 0 aliphatic heterocycles. The van der Waals surface area contributed by atoms with Crippen LogP contribution >= 0.6 is 0 Å². The van der Waals surface area contributed by atoms with Gasteiger partial charge in [-0.2, -0.15) is 18.3 Å². The number of ether oxygens (including phenoxy) is 1. The molecule has 1 aromatic heterocycles. The Labute approximate surface area is 142 Å². The Kier molecular flexibility index (Phi) is 4.65. The third-order valence-electron chi connectivity index (χ3n) is 4.00. The molecule has 25 heavy (non-hydrogen) atoms.